The molecule has 46 heavy (non-hydrogen) atoms. The first-order valence-electron chi connectivity index (χ1n) is 14.2. The molecule has 3 fully saturated rings. The average molecular weight is 688 g/mol. The molecule has 10 atom stereocenters. The lowest BCUT2D eigenvalue weighted by molar-refractivity contribution is -0.155. The molecule has 2 heterocycles. The van der Waals surface area contributed by atoms with E-state index < -0.39 is 72.9 Å². The summed E-state index contributed by atoms with van der Waals surface area (Å²) in [5, 5.41) is 59.6. The number of nitrogens with zero attached hydrogens (tertiary/aromatic N) is 1. The van der Waals surface area contributed by atoms with Crippen molar-refractivity contribution < 1.29 is 58.5 Å². The highest BCUT2D eigenvalue weighted by atomic mass is 35.5. The lowest BCUT2D eigenvalue weighted by Crippen LogP contribution is -2.67. The zero-order valence-corrected chi connectivity index (χ0v) is 26.0. The van der Waals surface area contributed by atoms with Gasteiger partial charge in [0.25, 0.3) is 0 Å². The van der Waals surface area contributed by atoms with Gasteiger partial charge < -0.3 is 54.6 Å². The van der Waals surface area contributed by atoms with Crippen molar-refractivity contribution in [3.63, 3.8) is 0 Å². The highest BCUT2D eigenvalue weighted by Gasteiger charge is 2.53. The minimum Gasteiger partial charge on any atom is -0.504 e. The van der Waals surface area contributed by atoms with E-state index in [9.17, 15) is 34.7 Å². The number of hydrogen-bond acceptors (Lipinski definition) is 12. The molecule has 1 saturated carbocycles. The summed E-state index contributed by atoms with van der Waals surface area (Å²) in [4.78, 5) is 18.1. The van der Waals surface area contributed by atoms with Crippen molar-refractivity contribution >= 4 is 40.9 Å². The van der Waals surface area contributed by atoms with E-state index in [1.165, 1.54) is 38.1 Å². The smallest absolute Gasteiger partial charge is 0.247 e. The van der Waals surface area contributed by atoms with Crippen molar-refractivity contribution in [1.82, 2.24) is 5.32 Å². The first-order chi connectivity index (χ1) is 21.8. The van der Waals surface area contributed by atoms with Crippen molar-refractivity contribution in [2.75, 3.05) is 6.79 Å². The van der Waals surface area contributed by atoms with Crippen LogP contribution < -0.4 is 10.1 Å². The number of oxime groups is 1. The van der Waals surface area contributed by atoms with Crippen molar-refractivity contribution in [2.24, 2.45) is 5.16 Å². The number of aromatic hydroxyl groups is 1. The first kappa shape index (κ1) is 34.3. The Balaban J connectivity index is 1.18. The average Bonchev–Trinajstić information content (AvgIpc) is 3.62. The van der Waals surface area contributed by atoms with Crippen molar-refractivity contribution in [2.45, 2.75) is 81.7 Å². The number of phenolic OH excluding ortho intramolecular Hbond substituents is 1. The number of carbonyl (C=O) groups excluding carboxylic acids is 1. The second-order valence-corrected chi connectivity index (χ2v) is 12.0. The number of nitrogens with one attached hydrogen (secondary N) is 1. The Bertz CT molecular complexity index is 1500. The molecule has 16 heteroatoms. The summed E-state index contributed by atoms with van der Waals surface area (Å²) in [7, 11) is 0. The second kappa shape index (κ2) is 14.4. The SMILES string of the molecule is C/C(=N/OCc1ccc(Cl)cc1Cl)[C@H]1O[C@@H](Oc2ccc(/C=C(\C)C(=O)N[C@@H]3[C@H](O)[C@@H](O)[C@H]4OCO[C@H]4[C@@H]3O)cc2O)[C@@H](F)[C@@H]1O. The maximum Gasteiger partial charge on any atom is 0.247 e. The van der Waals surface area contributed by atoms with Crippen molar-refractivity contribution in [1.29, 1.82) is 0 Å². The minimum absolute atomic E-state index is 0.0101. The predicted molar refractivity (Wildman–Crippen MR) is 161 cm³/mol. The lowest BCUT2D eigenvalue weighted by atomic mass is 9.83. The molecule has 13 nitrogen and oxygen atoms in total. The Morgan fingerprint density at radius 2 is 1.76 bits per heavy atom. The Morgan fingerprint density at radius 3 is 2.46 bits per heavy atom. The highest BCUT2D eigenvalue weighted by molar-refractivity contribution is 6.35. The van der Waals surface area contributed by atoms with Gasteiger partial charge in [0.2, 0.25) is 12.2 Å². The van der Waals surface area contributed by atoms with Gasteiger partial charge in [-0.1, -0.05) is 40.5 Å². The van der Waals surface area contributed by atoms with E-state index in [2.05, 4.69) is 10.5 Å². The maximum atomic E-state index is 14.9. The summed E-state index contributed by atoms with van der Waals surface area (Å²) in [5.41, 5.74) is 1.24. The van der Waals surface area contributed by atoms with E-state index in [0.29, 0.717) is 21.2 Å². The van der Waals surface area contributed by atoms with Crippen LogP contribution in [0.4, 0.5) is 4.39 Å². The van der Waals surface area contributed by atoms with Gasteiger partial charge in [-0.05, 0) is 49.8 Å². The molecule has 2 aliphatic heterocycles. The molecule has 1 aliphatic carbocycles. The Hall–Kier alpha value is -3.05. The van der Waals surface area contributed by atoms with E-state index in [-0.39, 0.29) is 30.4 Å². The predicted octanol–water partition coefficient (Wildman–Crippen LogP) is 1.82. The summed E-state index contributed by atoms with van der Waals surface area (Å²) in [6, 6.07) is 7.67. The van der Waals surface area contributed by atoms with Gasteiger partial charge in [0.1, 0.15) is 56.1 Å². The number of halogens is 3. The topological polar surface area (TPSA) is 189 Å². The Kier molecular flexibility index (Phi) is 10.7. The number of fused-ring (bicyclic) bond motifs is 1. The number of hydrogen-bond donors (Lipinski definition) is 6. The third kappa shape index (κ3) is 7.25. The molecular formula is C30H33Cl2FN2O11. The molecule has 2 aromatic carbocycles. The number of carbonyl (C=O) groups is 1. The van der Waals surface area contributed by atoms with Gasteiger partial charge in [0.05, 0.1) is 11.8 Å². The summed E-state index contributed by atoms with van der Waals surface area (Å²) in [6.07, 6.45) is -11.1. The molecule has 3 aliphatic rings. The fourth-order valence-electron chi connectivity index (χ4n) is 5.35. The zero-order chi connectivity index (χ0) is 33.3. The third-order valence-electron chi connectivity index (χ3n) is 7.90. The van der Waals surface area contributed by atoms with Crippen LogP contribution in [0, 0.1) is 0 Å². The van der Waals surface area contributed by atoms with Crippen molar-refractivity contribution in [3.05, 3.63) is 63.1 Å². The normalized spacial score (nSPS) is 33.1. The quantitative estimate of drug-likeness (QED) is 0.128. The summed E-state index contributed by atoms with van der Waals surface area (Å²) in [5.74, 6) is -1.22. The van der Waals surface area contributed by atoms with E-state index in [4.69, 9.17) is 47.0 Å². The third-order valence-corrected chi connectivity index (χ3v) is 8.49. The van der Waals surface area contributed by atoms with Crippen molar-refractivity contribution in [3.8, 4) is 11.5 Å². The number of phenols is 1. The van der Waals surface area contributed by atoms with Crippen LogP contribution in [0.15, 0.2) is 47.1 Å². The molecule has 0 unspecified atom stereocenters. The van der Waals surface area contributed by atoms with E-state index >= 15 is 0 Å². The summed E-state index contributed by atoms with van der Waals surface area (Å²) < 4.78 is 36.5. The fraction of sp³-hybridized carbons (Fsp3) is 0.467. The van der Waals surface area contributed by atoms with Crippen LogP contribution in [0.25, 0.3) is 6.08 Å². The molecule has 0 spiro atoms. The first-order valence-corrected chi connectivity index (χ1v) is 15.0. The molecule has 2 aromatic rings. The van der Waals surface area contributed by atoms with Crippen LogP contribution in [0.2, 0.25) is 10.0 Å². The molecule has 0 aromatic heterocycles. The number of amides is 1. The molecular weight excluding hydrogens is 654 g/mol. The van der Waals surface area contributed by atoms with Gasteiger partial charge in [-0.15, -0.1) is 0 Å². The number of rotatable bonds is 9. The summed E-state index contributed by atoms with van der Waals surface area (Å²) >= 11 is 12.0. The standard InChI is InChI=1S/C30H33Cl2FN2O11/c1-12(29(41)34-21-23(38)25(40)28-27(24(21)39)42-11-43-28)7-14-3-6-19(18(36)8-14)45-30-20(33)22(37)26(46-30)13(2)35-44-10-15-4-5-16(31)9-17(15)32/h3-9,20-28,30,36-40H,10-11H2,1-2H3,(H,34,41)/b12-7+,35-13-/t20-,21+,22-,23-,24+,25+,26+,27-,28+,30+/m0/s1. The molecule has 6 N–H and O–H groups in total. The van der Waals surface area contributed by atoms with Crippen LogP contribution in [-0.4, -0.2) is 105 Å². The molecule has 2 saturated heterocycles. The molecule has 5 rings (SSSR count). The molecule has 0 bridgehead atoms. The number of ether oxygens (including phenoxy) is 4. The van der Waals surface area contributed by atoms with Gasteiger partial charge in [-0.25, -0.2) is 4.39 Å². The number of benzene rings is 2. The molecule has 0 radical (unpaired) electrons. The zero-order valence-electron chi connectivity index (χ0n) is 24.5. The van der Waals surface area contributed by atoms with Crippen LogP contribution in [0.5, 0.6) is 11.5 Å². The van der Waals surface area contributed by atoms with Crippen LogP contribution >= 0.6 is 23.2 Å². The van der Waals surface area contributed by atoms with Gasteiger partial charge in [0, 0.05) is 21.2 Å². The van der Waals surface area contributed by atoms with Gasteiger partial charge >= 0.3 is 0 Å². The number of aliphatic hydroxyl groups is 4. The van der Waals surface area contributed by atoms with Gasteiger partial charge in [-0.2, -0.15) is 0 Å². The molecule has 1 amide bonds. The number of alkyl halides is 1. The van der Waals surface area contributed by atoms with Crippen LogP contribution in [0.3, 0.4) is 0 Å². The van der Waals surface area contributed by atoms with Gasteiger partial charge in [0.15, 0.2) is 17.7 Å². The maximum absolute atomic E-state index is 14.9. The van der Waals surface area contributed by atoms with E-state index in [1.807, 2.05) is 0 Å². The minimum atomic E-state index is -1.99. The van der Waals surface area contributed by atoms with Gasteiger partial charge in [-0.3, -0.25) is 4.79 Å². The van der Waals surface area contributed by atoms with Crippen LogP contribution in [-0.2, 0) is 30.4 Å². The Labute approximate surface area is 272 Å². The lowest BCUT2D eigenvalue weighted by Gasteiger charge is -2.41. The summed E-state index contributed by atoms with van der Waals surface area (Å²) in [6.45, 7) is 2.77. The fourth-order valence-corrected chi connectivity index (χ4v) is 5.81. The number of aliphatic hydroxyl groups excluding tert-OH is 4. The second-order valence-electron chi connectivity index (χ2n) is 11.1. The monoisotopic (exact) mass is 686 g/mol. The largest absolute Gasteiger partial charge is 0.504 e. The molecule has 250 valence electrons. The highest BCUT2D eigenvalue weighted by Crippen LogP contribution is 2.34. The van der Waals surface area contributed by atoms with E-state index in [0.717, 1.165) is 0 Å². The van der Waals surface area contributed by atoms with Crippen LogP contribution in [0.1, 0.15) is 25.0 Å². The Morgan fingerprint density at radius 1 is 1.04 bits per heavy atom. The van der Waals surface area contributed by atoms with E-state index in [1.54, 1.807) is 18.2 Å².